The van der Waals surface area contributed by atoms with Gasteiger partial charge in [0, 0.05) is 19.3 Å². The summed E-state index contributed by atoms with van der Waals surface area (Å²) in [5.41, 5.74) is 0. The number of unbranched alkanes of at least 4 members (excludes halogenated alkanes) is 5. The lowest BCUT2D eigenvalue weighted by atomic mass is 10.1. The molecule has 0 aliphatic rings. The number of hydrogen-bond donors (Lipinski definition) is 0. The summed E-state index contributed by atoms with van der Waals surface area (Å²) in [6.07, 6.45) is 7.27. The molecular weight excluding hydrogens is 402 g/mol. The molecule has 0 aromatic rings. The Bertz CT molecular complexity index is 517. The van der Waals surface area contributed by atoms with Crippen LogP contribution in [0.2, 0.25) is 0 Å². The first-order valence-corrected chi connectivity index (χ1v) is 11.6. The van der Waals surface area contributed by atoms with Crippen molar-refractivity contribution in [2.24, 2.45) is 0 Å². The number of carbonyl (C=O) groups is 3. The van der Waals surface area contributed by atoms with Gasteiger partial charge in [-0.15, -0.1) is 0 Å². The number of likely N-dealkylation sites (N-methyl/N-ethyl adjacent to an activating group) is 1. The Hall–Kier alpha value is -1.67. The van der Waals surface area contributed by atoms with E-state index in [4.69, 9.17) is 14.2 Å². The summed E-state index contributed by atoms with van der Waals surface area (Å²) in [6, 6.07) is -0.712. The molecule has 8 heteroatoms. The minimum atomic E-state index is -1.13. The molecule has 0 saturated heterocycles. The molecule has 0 N–H and O–H groups in total. The van der Waals surface area contributed by atoms with Crippen molar-refractivity contribution in [1.29, 1.82) is 0 Å². The standard InChI is InChI=1S/C23H43NO7/c1-6-8-9-10-11-12-14-22(26)31-19(18-30-21(25)13-7-2)17-29-16-15-20(23(27)28)24(3,4)5/h19-20H,6-18H2,1-5H3. The van der Waals surface area contributed by atoms with Gasteiger partial charge in [0.2, 0.25) is 0 Å². The third-order valence-corrected chi connectivity index (χ3v) is 4.96. The van der Waals surface area contributed by atoms with E-state index >= 15 is 0 Å². The number of carboxylic acids is 1. The molecule has 0 aliphatic heterocycles. The molecule has 0 rings (SSSR count). The van der Waals surface area contributed by atoms with Crippen molar-refractivity contribution >= 4 is 17.9 Å². The number of ether oxygens (including phenoxy) is 3. The van der Waals surface area contributed by atoms with Gasteiger partial charge >= 0.3 is 11.9 Å². The SMILES string of the molecule is CCCCCCCCC(=O)OC(COCCC(C(=O)[O-])[N+](C)(C)C)COC(=O)CCC. The van der Waals surface area contributed by atoms with E-state index in [0.29, 0.717) is 19.3 Å². The number of nitrogens with zero attached hydrogens (tertiary/aromatic N) is 1. The third-order valence-electron chi connectivity index (χ3n) is 4.96. The third kappa shape index (κ3) is 15.7. The minimum absolute atomic E-state index is 0.0402. The highest BCUT2D eigenvalue weighted by atomic mass is 16.6. The van der Waals surface area contributed by atoms with Gasteiger partial charge in [0.05, 0.1) is 40.3 Å². The predicted octanol–water partition coefficient (Wildman–Crippen LogP) is 2.22. The fourth-order valence-corrected chi connectivity index (χ4v) is 3.10. The maximum atomic E-state index is 12.2. The van der Waals surface area contributed by atoms with Crippen LogP contribution in [-0.2, 0) is 28.6 Å². The summed E-state index contributed by atoms with van der Waals surface area (Å²) < 4.78 is 16.4. The Labute approximate surface area is 187 Å². The van der Waals surface area contributed by atoms with E-state index in [-0.39, 0.29) is 42.7 Å². The number of rotatable bonds is 19. The lowest BCUT2D eigenvalue weighted by molar-refractivity contribution is -0.889. The summed E-state index contributed by atoms with van der Waals surface area (Å²) in [5.74, 6) is -1.82. The van der Waals surface area contributed by atoms with Crippen LogP contribution in [-0.4, -0.2) is 75.5 Å². The highest BCUT2D eigenvalue weighted by molar-refractivity contribution is 5.70. The highest BCUT2D eigenvalue weighted by Crippen LogP contribution is 2.10. The van der Waals surface area contributed by atoms with E-state index < -0.39 is 18.1 Å². The van der Waals surface area contributed by atoms with Crippen LogP contribution in [0.5, 0.6) is 0 Å². The summed E-state index contributed by atoms with van der Waals surface area (Å²) >= 11 is 0. The minimum Gasteiger partial charge on any atom is -0.544 e. The molecule has 0 aromatic carbocycles. The molecule has 31 heavy (non-hydrogen) atoms. The van der Waals surface area contributed by atoms with Crippen LogP contribution in [0.15, 0.2) is 0 Å². The summed E-state index contributed by atoms with van der Waals surface area (Å²) in [7, 11) is 5.33. The van der Waals surface area contributed by atoms with E-state index in [2.05, 4.69) is 6.92 Å². The topological polar surface area (TPSA) is 102 Å². The zero-order chi connectivity index (χ0) is 23.7. The van der Waals surface area contributed by atoms with Crippen LogP contribution in [0.4, 0.5) is 0 Å². The van der Waals surface area contributed by atoms with E-state index in [0.717, 1.165) is 19.3 Å². The molecule has 0 amide bonds. The van der Waals surface area contributed by atoms with Crippen molar-refractivity contribution in [3.8, 4) is 0 Å². The fraction of sp³-hybridized carbons (Fsp3) is 0.870. The van der Waals surface area contributed by atoms with Crippen molar-refractivity contribution < 1.29 is 38.2 Å². The van der Waals surface area contributed by atoms with Crippen molar-refractivity contribution in [2.75, 3.05) is 41.0 Å². The number of hydrogen-bond acceptors (Lipinski definition) is 7. The molecule has 0 radical (unpaired) electrons. The van der Waals surface area contributed by atoms with Crippen LogP contribution in [0.25, 0.3) is 0 Å². The maximum absolute atomic E-state index is 12.2. The largest absolute Gasteiger partial charge is 0.544 e. The lowest BCUT2D eigenvalue weighted by Crippen LogP contribution is -2.55. The number of aliphatic carboxylic acids is 1. The number of quaternary nitrogens is 1. The van der Waals surface area contributed by atoms with Crippen LogP contribution in [0, 0.1) is 0 Å². The molecule has 0 heterocycles. The quantitative estimate of drug-likeness (QED) is 0.171. The van der Waals surface area contributed by atoms with Gasteiger partial charge in [-0.1, -0.05) is 46.0 Å². The van der Waals surface area contributed by atoms with E-state index in [1.807, 2.05) is 6.92 Å². The fourth-order valence-electron chi connectivity index (χ4n) is 3.10. The van der Waals surface area contributed by atoms with Gasteiger partial charge in [0.25, 0.3) is 0 Å². The molecule has 8 nitrogen and oxygen atoms in total. The molecule has 0 aromatic heterocycles. The van der Waals surface area contributed by atoms with Gasteiger partial charge in [-0.05, 0) is 12.8 Å². The average Bonchev–Trinajstić information content (AvgIpc) is 2.67. The first kappa shape index (κ1) is 29.3. The van der Waals surface area contributed by atoms with E-state index in [9.17, 15) is 19.5 Å². The first-order valence-electron chi connectivity index (χ1n) is 11.6. The number of carboxylic acid groups (broad SMARTS) is 1. The second kappa shape index (κ2) is 17.0. The Kier molecular flexibility index (Phi) is 16.0. The molecule has 0 saturated carbocycles. The van der Waals surface area contributed by atoms with Crippen molar-refractivity contribution in [1.82, 2.24) is 0 Å². The van der Waals surface area contributed by atoms with Crippen LogP contribution in [0.3, 0.4) is 0 Å². The van der Waals surface area contributed by atoms with Gasteiger partial charge in [0.1, 0.15) is 12.6 Å². The molecule has 182 valence electrons. The van der Waals surface area contributed by atoms with Crippen molar-refractivity contribution in [3.05, 3.63) is 0 Å². The zero-order valence-corrected chi connectivity index (χ0v) is 20.2. The normalized spacial score (nSPS) is 13.5. The van der Waals surface area contributed by atoms with Gasteiger partial charge in [-0.2, -0.15) is 0 Å². The first-order chi connectivity index (χ1) is 14.6. The van der Waals surface area contributed by atoms with Crippen LogP contribution >= 0.6 is 0 Å². The van der Waals surface area contributed by atoms with Gasteiger partial charge in [-0.3, -0.25) is 9.59 Å². The predicted molar refractivity (Wildman–Crippen MR) is 116 cm³/mol. The molecule has 0 spiro atoms. The van der Waals surface area contributed by atoms with Crippen LogP contribution < -0.4 is 5.11 Å². The molecule has 2 atom stereocenters. The van der Waals surface area contributed by atoms with Gasteiger partial charge in [0.15, 0.2) is 6.10 Å². The summed E-state index contributed by atoms with van der Waals surface area (Å²) in [6.45, 7) is 4.18. The Morgan fingerprint density at radius 1 is 0.839 bits per heavy atom. The van der Waals surface area contributed by atoms with Crippen LogP contribution in [0.1, 0.15) is 78.1 Å². The van der Waals surface area contributed by atoms with E-state index in [1.165, 1.54) is 19.3 Å². The van der Waals surface area contributed by atoms with E-state index in [1.54, 1.807) is 21.1 Å². The molecule has 0 bridgehead atoms. The average molecular weight is 446 g/mol. The second-order valence-corrected chi connectivity index (χ2v) is 8.88. The number of carbonyl (C=O) groups excluding carboxylic acids is 3. The smallest absolute Gasteiger partial charge is 0.306 e. The van der Waals surface area contributed by atoms with Crippen molar-refractivity contribution in [3.63, 3.8) is 0 Å². The monoisotopic (exact) mass is 445 g/mol. The zero-order valence-electron chi connectivity index (χ0n) is 20.2. The van der Waals surface area contributed by atoms with Gasteiger partial charge < -0.3 is 28.6 Å². The second-order valence-electron chi connectivity index (χ2n) is 8.88. The Morgan fingerprint density at radius 2 is 1.48 bits per heavy atom. The molecule has 0 aliphatic carbocycles. The molecule has 2 unspecified atom stereocenters. The molecular formula is C23H43NO7. The maximum Gasteiger partial charge on any atom is 0.306 e. The Balaban J connectivity index is 4.50. The number of esters is 2. The summed E-state index contributed by atoms with van der Waals surface area (Å²) in [4.78, 5) is 35.2. The van der Waals surface area contributed by atoms with Gasteiger partial charge in [-0.25, -0.2) is 0 Å². The highest BCUT2D eigenvalue weighted by Gasteiger charge is 2.25. The van der Waals surface area contributed by atoms with Crippen molar-refractivity contribution in [2.45, 2.75) is 90.2 Å². The summed E-state index contributed by atoms with van der Waals surface area (Å²) in [5, 5.41) is 11.3. The Morgan fingerprint density at radius 3 is 2.06 bits per heavy atom. The molecule has 0 fully saturated rings. The lowest BCUT2D eigenvalue weighted by Gasteiger charge is -2.34.